The number of thioether (sulfide) groups is 1. The second kappa shape index (κ2) is 10.5. The van der Waals surface area contributed by atoms with Gasteiger partial charge in [-0.05, 0) is 34.9 Å². The van der Waals surface area contributed by atoms with Crippen LogP contribution in [0.3, 0.4) is 0 Å². The lowest BCUT2D eigenvalue weighted by Crippen LogP contribution is -2.30. The van der Waals surface area contributed by atoms with Crippen molar-refractivity contribution in [3.8, 4) is 0 Å². The molecule has 5 rings (SSSR count). The summed E-state index contributed by atoms with van der Waals surface area (Å²) < 4.78 is 0.384. The smallest absolute Gasteiger partial charge is 0.305 e. The van der Waals surface area contributed by atoms with Crippen molar-refractivity contribution in [3.63, 3.8) is 0 Å². The Morgan fingerprint density at radius 1 is 1.03 bits per heavy atom. The summed E-state index contributed by atoms with van der Waals surface area (Å²) in [5.41, 5.74) is 5.17. The summed E-state index contributed by atoms with van der Waals surface area (Å²) in [7, 11) is 0. The number of nitrogens with zero attached hydrogens (tertiary/aromatic N) is 3. The van der Waals surface area contributed by atoms with Gasteiger partial charge in [0.2, 0.25) is 0 Å². The van der Waals surface area contributed by atoms with Gasteiger partial charge in [0.1, 0.15) is 4.32 Å². The molecule has 0 spiro atoms. The predicted octanol–water partition coefficient (Wildman–Crippen LogP) is 5.72. The van der Waals surface area contributed by atoms with E-state index in [-0.39, 0.29) is 24.9 Å². The molecular weight excluding hydrogens is 490 g/mol. The number of hydrogen-bond acceptors (Lipinski definition) is 6. The molecule has 3 aromatic carbocycles. The molecule has 0 aromatic heterocycles. The molecule has 6 nitrogen and oxygen atoms in total. The van der Waals surface area contributed by atoms with E-state index in [1.807, 2.05) is 60.7 Å². The second-order valence-corrected chi connectivity index (χ2v) is 10.1. The van der Waals surface area contributed by atoms with E-state index in [0.29, 0.717) is 9.23 Å². The molecule has 1 fully saturated rings. The molecule has 0 bridgehead atoms. The number of carbonyl (C=O) groups excluding carboxylic acids is 1. The van der Waals surface area contributed by atoms with Crippen LogP contribution in [0, 0.1) is 0 Å². The molecule has 0 saturated carbocycles. The highest BCUT2D eigenvalue weighted by Gasteiger charge is 2.32. The summed E-state index contributed by atoms with van der Waals surface area (Å²) in [4.78, 5) is 25.4. The van der Waals surface area contributed by atoms with Crippen LogP contribution in [0.2, 0.25) is 0 Å². The third-order valence-electron chi connectivity index (χ3n) is 6.08. The molecule has 1 N–H and O–H groups in total. The van der Waals surface area contributed by atoms with Crippen molar-refractivity contribution in [2.45, 2.75) is 18.9 Å². The summed E-state index contributed by atoms with van der Waals surface area (Å²) in [6, 6.07) is 28.6. The van der Waals surface area contributed by atoms with E-state index in [9.17, 15) is 9.59 Å². The molecular formula is C28H23N3O3S2. The number of aliphatic carboxylic acids is 1. The average molecular weight is 514 g/mol. The zero-order chi connectivity index (χ0) is 25.1. The number of thiocarbonyl (C=S) groups is 1. The van der Waals surface area contributed by atoms with Crippen LogP contribution in [0.4, 0.5) is 5.69 Å². The Kier molecular flexibility index (Phi) is 6.97. The van der Waals surface area contributed by atoms with E-state index < -0.39 is 5.97 Å². The molecule has 8 heteroatoms. The Labute approximate surface area is 218 Å². The molecule has 0 radical (unpaired) electrons. The standard InChI is InChI=1S/C28H23N3O3S2/c32-26(33)15-16-30-27(34)25(36-28(30)35)17-19-11-13-22(14-12-19)31-24(21-9-5-2-6-10-21)18-23(29-31)20-7-3-1-4-8-20/h1-14,17,24H,15-16,18H2,(H,32,33). The third-order valence-corrected chi connectivity index (χ3v) is 7.46. The molecule has 2 heterocycles. The Morgan fingerprint density at radius 2 is 1.69 bits per heavy atom. The van der Waals surface area contributed by atoms with E-state index in [1.165, 1.54) is 22.2 Å². The molecule has 0 aliphatic carbocycles. The number of amides is 1. The fourth-order valence-corrected chi connectivity index (χ4v) is 5.57. The lowest BCUT2D eigenvalue weighted by atomic mass is 9.98. The molecule has 1 unspecified atom stereocenters. The Balaban J connectivity index is 1.39. The van der Waals surface area contributed by atoms with E-state index in [4.69, 9.17) is 22.4 Å². The first-order valence-corrected chi connectivity index (χ1v) is 12.8. The minimum Gasteiger partial charge on any atom is -0.481 e. The Bertz CT molecular complexity index is 1360. The van der Waals surface area contributed by atoms with Crippen molar-refractivity contribution in [1.82, 2.24) is 4.90 Å². The van der Waals surface area contributed by atoms with Crippen LogP contribution < -0.4 is 5.01 Å². The molecule has 1 amide bonds. The SMILES string of the molecule is O=C(O)CCN1C(=O)C(=Cc2ccc(N3N=C(c4ccccc4)CC3c3ccccc3)cc2)SC1=S. The fourth-order valence-electron chi connectivity index (χ4n) is 4.26. The van der Waals surface area contributed by atoms with E-state index in [2.05, 4.69) is 29.3 Å². The quantitative estimate of drug-likeness (QED) is 0.322. The maximum absolute atomic E-state index is 12.7. The van der Waals surface area contributed by atoms with Gasteiger partial charge in [-0.15, -0.1) is 0 Å². The minimum absolute atomic E-state index is 0.0772. The van der Waals surface area contributed by atoms with E-state index in [0.717, 1.165) is 28.9 Å². The normalized spacial score (nSPS) is 18.7. The second-order valence-electron chi connectivity index (χ2n) is 8.46. The predicted molar refractivity (Wildman–Crippen MR) is 148 cm³/mol. The highest BCUT2D eigenvalue weighted by atomic mass is 32.2. The van der Waals surface area contributed by atoms with Gasteiger partial charge in [-0.3, -0.25) is 19.5 Å². The van der Waals surface area contributed by atoms with Gasteiger partial charge < -0.3 is 5.11 Å². The Morgan fingerprint density at radius 3 is 2.36 bits per heavy atom. The summed E-state index contributed by atoms with van der Waals surface area (Å²) in [6.07, 6.45) is 2.45. The maximum atomic E-state index is 12.7. The summed E-state index contributed by atoms with van der Waals surface area (Å²) >= 11 is 6.48. The number of carboxylic acids is 1. The summed E-state index contributed by atoms with van der Waals surface area (Å²) in [5.74, 6) is -1.21. The Hall–Kier alpha value is -3.75. The largest absolute Gasteiger partial charge is 0.481 e. The fraction of sp³-hybridized carbons (Fsp3) is 0.143. The van der Waals surface area contributed by atoms with Crippen LogP contribution in [-0.2, 0) is 9.59 Å². The number of carbonyl (C=O) groups is 2. The molecule has 1 saturated heterocycles. The number of hydrazone groups is 1. The lowest BCUT2D eigenvalue weighted by molar-refractivity contribution is -0.137. The van der Waals surface area contributed by atoms with Gasteiger partial charge in [0.05, 0.1) is 28.8 Å². The molecule has 180 valence electrons. The minimum atomic E-state index is -0.961. The van der Waals surface area contributed by atoms with E-state index >= 15 is 0 Å². The van der Waals surface area contributed by atoms with Crippen LogP contribution in [0.1, 0.15) is 35.6 Å². The number of benzene rings is 3. The zero-order valence-corrected chi connectivity index (χ0v) is 20.9. The first-order chi connectivity index (χ1) is 17.5. The molecule has 2 aliphatic rings. The lowest BCUT2D eigenvalue weighted by Gasteiger charge is -2.24. The number of anilines is 1. The first-order valence-electron chi connectivity index (χ1n) is 11.5. The van der Waals surface area contributed by atoms with Crippen molar-refractivity contribution in [1.29, 1.82) is 0 Å². The van der Waals surface area contributed by atoms with Crippen LogP contribution in [0.25, 0.3) is 6.08 Å². The van der Waals surface area contributed by atoms with Gasteiger partial charge in [-0.2, -0.15) is 5.10 Å². The van der Waals surface area contributed by atoms with Crippen molar-refractivity contribution in [3.05, 3.63) is 107 Å². The third kappa shape index (κ3) is 5.10. The topological polar surface area (TPSA) is 73.2 Å². The van der Waals surface area contributed by atoms with Gasteiger partial charge >= 0.3 is 5.97 Å². The number of rotatable bonds is 7. The van der Waals surface area contributed by atoms with Crippen LogP contribution in [0.5, 0.6) is 0 Å². The highest BCUT2D eigenvalue weighted by molar-refractivity contribution is 8.26. The van der Waals surface area contributed by atoms with Crippen molar-refractivity contribution in [2.75, 3.05) is 11.6 Å². The molecule has 1 atom stereocenters. The van der Waals surface area contributed by atoms with E-state index in [1.54, 1.807) is 6.08 Å². The summed E-state index contributed by atoms with van der Waals surface area (Å²) in [6.45, 7) is 0.0772. The van der Waals surface area contributed by atoms with Gasteiger partial charge in [0, 0.05) is 13.0 Å². The summed E-state index contributed by atoms with van der Waals surface area (Å²) in [5, 5.41) is 16.0. The molecule has 36 heavy (non-hydrogen) atoms. The molecule has 3 aromatic rings. The highest BCUT2D eigenvalue weighted by Crippen LogP contribution is 2.37. The zero-order valence-electron chi connectivity index (χ0n) is 19.3. The van der Waals surface area contributed by atoms with Crippen molar-refractivity contribution >= 4 is 57.7 Å². The first kappa shape index (κ1) is 24.0. The van der Waals surface area contributed by atoms with Gasteiger partial charge in [-0.1, -0.05) is 96.8 Å². The van der Waals surface area contributed by atoms with Crippen molar-refractivity contribution in [2.24, 2.45) is 5.10 Å². The molecule has 2 aliphatic heterocycles. The number of hydrogen-bond donors (Lipinski definition) is 1. The number of carboxylic acid groups (broad SMARTS) is 1. The maximum Gasteiger partial charge on any atom is 0.305 e. The average Bonchev–Trinajstić information content (AvgIpc) is 3.45. The van der Waals surface area contributed by atoms with Gasteiger partial charge in [0.15, 0.2) is 0 Å². The van der Waals surface area contributed by atoms with Gasteiger partial charge in [0.25, 0.3) is 5.91 Å². The van der Waals surface area contributed by atoms with Crippen molar-refractivity contribution < 1.29 is 14.7 Å². The van der Waals surface area contributed by atoms with Crippen LogP contribution >= 0.6 is 24.0 Å². The van der Waals surface area contributed by atoms with Crippen LogP contribution in [-0.4, -0.2) is 38.5 Å². The van der Waals surface area contributed by atoms with Crippen LogP contribution in [0.15, 0.2) is 94.9 Å². The monoisotopic (exact) mass is 513 g/mol. The van der Waals surface area contributed by atoms with Gasteiger partial charge in [-0.25, -0.2) is 0 Å².